The van der Waals surface area contributed by atoms with Crippen LogP contribution in [0.5, 0.6) is 5.75 Å². The van der Waals surface area contributed by atoms with Crippen molar-refractivity contribution in [2.24, 2.45) is 5.92 Å². The van der Waals surface area contributed by atoms with Gasteiger partial charge in [-0.3, -0.25) is 9.59 Å². The first kappa shape index (κ1) is 25.2. The highest BCUT2D eigenvalue weighted by atomic mass is 16.5. The summed E-state index contributed by atoms with van der Waals surface area (Å²) in [4.78, 5) is 33.2. The first-order valence-electron chi connectivity index (χ1n) is 12.7. The first-order valence-corrected chi connectivity index (χ1v) is 12.7. The number of nitrogens with one attached hydrogen (secondary N) is 1. The minimum absolute atomic E-state index is 0.0220. The van der Waals surface area contributed by atoms with Gasteiger partial charge < -0.3 is 24.8 Å². The zero-order valence-corrected chi connectivity index (χ0v) is 21.2. The maximum Gasteiger partial charge on any atom is 0.227 e. The highest BCUT2D eigenvalue weighted by Gasteiger charge is 2.41. The second-order valence-electron chi connectivity index (χ2n) is 9.75. The number of methoxy groups -OCH3 is 1. The Morgan fingerprint density at radius 1 is 1.03 bits per heavy atom. The van der Waals surface area contributed by atoms with E-state index in [1.165, 1.54) is 0 Å². The quantitative estimate of drug-likeness (QED) is 0.590. The maximum absolute atomic E-state index is 13.4. The fourth-order valence-electron chi connectivity index (χ4n) is 5.08. The van der Waals surface area contributed by atoms with Gasteiger partial charge in [-0.25, -0.2) is 0 Å². The molecular weight excluding hydrogens is 440 g/mol. The van der Waals surface area contributed by atoms with E-state index in [1.807, 2.05) is 60.4 Å². The molecule has 2 aromatic rings. The summed E-state index contributed by atoms with van der Waals surface area (Å²) in [6.07, 6.45) is 1.83. The van der Waals surface area contributed by atoms with E-state index in [0.29, 0.717) is 19.4 Å². The second-order valence-corrected chi connectivity index (χ2v) is 9.75. The summed E-state index contributed by atoms with van der Waals surface area (Å²) in [6, 6.07) is 15.3. The van der Waals surface area contributed by atoms with Crippen LogP contribution in [-0.4, -0.2) is 75.0 Å². The number of carbonyl (C=O) groups is 2. The number of amides is 2. The SMILES string of the molecule is COc1ccc(C2C(C(=O)NCCCN3CCN(C)CC3)CCC(=O)N2c2ccc(C)cc2)cc1. The van der Waals surface area contributed by atoms with Crippen LogP contribution in [0.3, 0.4) is 0 Å². The molecule has 2 aliphatic heterocycles. The zero-order valence-electron chi connectivity index (χ0n) is 21.2. The van der Waals surface area contributed by atoms with Crippen molar-refractivity contribution in [2.75, 3.05) is 58.3 Å². The average molecular weight is 479 g/mol. The number of ether oxygens (including phenoxy) is 1. The fraction of sp³-hybridized carbons (Fsp3) is 0.500. The summed E-state index contributed by atoms with van der Waals surface area (Å²) in [7, 11) is 3.79. The molecule has 2 heterocycles. The number of piperazine rings is 1. The fourth-order valence-corrected chi connectivity index (χ4v) is 5.08. The highest BCUT2D eigenvalue weighted by molar-refractivity contribution is 5.97. The molecule has 2 aliphatic rings. The van der Waals surface area contributed by atoms with Crippen molar-refractivity contribution in [3.63, 3.8) is 0 Å². The Labute approximate surface area is 209 Å². The average Bonchev–Trinajstić information content (AvgIpc) is 2.88. The van der Waals surface area contributed by atoms with Crippen LogP contribution < -0.4 is 15.0 Å². The van der Waals surface area contributed by atoms with E-state index in [4.69, 9.17) is 4.74 Å². The number of aryl methyl sites for hydroxylation is 1. The van der Waals surface area contributed by atoms with E-state index in [-0.39, 0.29) is 23.8 Å². The number of nitrogens with zero attached hydrogens (tertiary/aromatic N) is 3. The van der Waals surface area contributed by atoms with Gasteiger partial charge in [0, 0.05) is 44.8 Å². The topological polar surface area (TPSA) is 65.1 Å². The summed E-state index contributed by atoms with van der Waals surface area (Å²) in [5.74, 6) is 0.510. The Hall–Kier alpha value is -2.90. The van der Waals surface area contributed by atoms with Crippen LogP contribution in [0, 0.1) is 12.8 Å². The van der Waals surface area contributed by atoms with Crippen molar-refractivity contribution >= 4 is 17.5 Å². The van der Waals surface area contributed by atoms with Crippen LogP contribution in [0.25, 0.3) is 0 Å². The molecule has 0 aliphatic carbocycles. The van der Waals surface area contributed by atoms with Gasteiger partial charge in [0.15, 0.2) is 0 Å². The molecule has 1 N–H and O–H groups in total. The minimum Gasteiger partial charge on any atom is -0.497 e. The van der Waals surface area contributed by atoms with Crippen molar-refractivity contribution in [3.05, 3.63) is 59.7 Å². The third-order valence-corrected chi connectivity index (χ3v) is 7.25. The van der Waals surface area contributed by atoms with E-state index >= 15 is 0 Å². The van der Waals surface area contributed by atoms with E-state index in [2.05, 4.69) is 22.2 Å². The van der Waals surface area contributed by atoms with Crippen LogP contribution >= 0.6 is 0 Å². The smallest absolute Gasteiger partial charge is 0.227 e. The zero-order chi connectivity index (χ0) is 24.8. The van der Waals surface area contributed by atoms with E-state index < -0.39 is 0 Å². The molecule has 188 valence electrons. The highest BCUT2D eigenvalue weighted by Crippen LogP contribution is 2.40. The summed E-state index contributed by atoms with van der Waals surface area (Å²) in [5.41, 5.74) is 2.90. The normalized spacial score (nSPS) is 21.7. The molecule has 0 spiro atoms. The molecule has 2 amide bonds. The minimum atomic E-state index is -0.359. The summed E-state index contributed by atoms with van der Waals surface area (Å²) < 4.78 is 5.33. The predicted octanol–water partition coefficient (Wildman–Crippen LogP) is 3.24. The third kappa shape index (κ3) is 6.21. The van der Waals surface area contributed by atoms with Crippen molar-refractivity contribution in [2.45, 2.75) is 32.2 Å². The van der Waals surface area contributed by atoms with Crippen molar-refractivity contribution < 1.29 is 14.3 Å². The largest absolute Gasteiger partial charge is 0.497 e. The predicted molar refractivity (Wildman–Crippen MR) is 139 cm³/mol. The van der Waals surface area contributed by atoms with Gasteiger partial charge in [-0.2, -0.15) is 0 Å². The number of rotatable bonds is 8. The maximum atomic E-state index is 13.4. The van der Waals surface area contributed by atoms with E-state index in [9.17, 15) is 9.59 Å². The molecule has 0 aromatic heterocycles. The molecule has 0 radical (unpaired) electrons. The number of hydrogen-bond donors (Lipinski definition) is 1. The standard InChI is InChI=1S/C28H38N4O3/c1-21-5-9-23(10-6-21)32-26(33)14-13-25(27(32)22-7-11-24(35-3)12-8-22)28(34)29-15-4-16-31-19-17-30(2)18-20-31/h5-12,25,27H,4,13-20H2,1-3H3,(H,29,34). The molecule has 4 rings (SSSR count). The van der Waals surface area contributed by atoms with Gasteiger partial charge in [0.1, 0.15) is 5.75 Å². The number of likely N-dealkylation sites (N-methyl/N-ethyl adjacent to an activating group) is 1. The molecule has 7 nitrogen and oxygen atoms in total. The molecule has 2 aromatic carbocycles. The lowest BCUT2D eigenvalue weighted by Gasteiger charge is -2.41. The van der Waals surface area contributed by atoms with Gasteiger partial charge in [-0.15, -0.1) is 0 Å². The lowest BCUT2D eigenvalue weighted by atomic mass is 9.83. The van der Waals surface area contributed by atoms with Crippen LogP contribution in [0.1, 0.15) is 36.4 Å². The summed E-state index contributed by atoms with van der Waals surface area (Å²) in [5, 5.41) is 3.18. The van der Waals surface area contributed by atoms with Crippen molar-refractivity contribution in [1.82, 2.24) is 15.1 Å². The molecule has 2 atom stereocenters. The van der Waals surface area contributed by atoms with Crippen LogP contribution in [0.2, 0.25) is 0 Å². The number of piperidine rings is 1. The summed E-state index contributed by atoms with van der Waals surface area (Å²) >= 11 is 0. The Morgan fingerprint density at radius 2 is 1.71 bits per heavy atom. The van der Waals surface area contributed by atoms with Crippen LogP contribution in [0.4, 0.5) is 5.69 Å². The number of hydrogen-bond acceptors (Lipinski definition) is 5. The van der Waals surface area contributed by atoms with Gasteiger partial charge in [0.05, 0.1) is 19.1 Å². The number of carbonyl (C=O) groups excluding carboxylic acids is 2. The van der Waals surface area contributed by atoms with Gasteiger partial charge in [0.25, 0.3) is 0 Å². The van der Waals surface area contributed by atoms with Gasteiger partial charge in [-0.05, 0) is 63.2 Å². The summed E-state index contributed by atoms with van der Waals surface area (Å²) in [6.45, 7) is 8.04. The van der Waals surface area contributed by atoms with Crippen LogP contribution in [0.15, 0.2) is 48.5 Å². The Kier molecular flexibility index (Phi) is 8.42. The van der Waals surface area contributed by atoms with Gasteiger partial charge >= 0.3 is 0 Å². The third-order valence-electron chi connectivity index (χ3n) is 7.25. The lowest BCUT2D eigenvalue weighted by molar-refractivity contribution is -0.129. The Balaban J connectivity index is 1.49. The van der Waals surface area contributed by atoms with Crippen LogP contribution in [-0.2, 0) is 9.59 Å². The number of anilines is 1. The molecule has 2 fully saturated rings. The van der Waals surface area contributed by atoms with Gasteiger partial charge in [-0.1, -0.05) is 29.8 Å². The van der Waals surface area contributed by atoms with E-state index in [0.717, 1.165) is 61.7 Å². The molecule has 0 bridgehead atoms. The monoisotopic (exact) mass is 478 g/mol. The van der Waals surface area contributed by atoms with Crippen molar-refractivity contribution in [3.8, 4) is 5.75 Å². The molecule has 2 unspecified atom stereocenters. The van der Waals surface area contributed by atoms with Crippen molar-refractivity contribution in [1.29, 1.82) is 0 Å². The molecule has 0 saturated carbocycles. The molecule has 35 heavy (non-hydrogen) atoms. The lowest BCUT2D eigenvalue weighted by Crippen LogP contribution is -2.49. The second kappa shape index (κ2) is 11.7. The van der Waals surface area contributed by atoms with Gasteiger partial charge in [0.2, 0.25) is 11.8 Å². The first-order chi connectivity index (χ1) is 17.0. The van der Waals surface area contributed by atoms with E-state index in [1.54, 1.807) is 7.11 Å². The Bertz CT molecular complexity index is 984. The Morgan fingerprint density at radius 3 is 2.37 bits per heavy atom. The molecule has 2 saturated heterocycles. The number of benzene rings is 2. The molecular formula is C28H38N4O3. The molecule has 7 heteroatoms.